The molecule has 1 aliphatic heterocycles. The number of rotatable bonds is 4. The average Bonchev–Trinajstić information content (AvgIpc) is 2.96. The molecule has 0 unspecified atom stereocenters. The number of amides is 2. The molecule has 1 saturated heterocycles. The molecule has 1 aromatic heterocycles. The number of aromatic nitrogens is 1. The molecule has 3 rings (SSSR count). The van der Waals surface area contributed by atoms with Crippen molar-refractivity contribution < 1.29 is 9.59 Å². The van der Waals surface area contributed by atoms with Crippen LogP contribution in [0.2, 0.25) is 0 Å². The smallest absolute Gasteiger partial charge is 0.248 e. The first kappa shape index (κ1) is 16.9. The number of benzene rings is 1. The molecule has 0 saturated carbocycles. The Morgan fingerprint density at radius 3 is 3.00 bits per heavy atom. The van der Waals surface area contributed by atoms with Crippen molar-refractivity contribution in [2.75, 3.05) is 25.5 Å². The minimum Gasteiger partial charge on any atom is -0.330 e. The molecule has 0 bridgehead atoms. The summed E-state index contributed by atoms with van der Waals surface area (Å²) in [7, 11) is 1.74. The maximum absolute atomic E-state index is 12.7. The summed E-state index contributed by atoms with van der Waals surface area (Å²) in [5.74, 6) is -0.174. The van der Waals surface area contributed by atoms with Gasteiger partial charge in [0.25, 0.3) is 0 Å². The lowest BCUT2D eigenvalue weighted by Gasteiger charge is -2.34. The number of carbonyl (C=O) groups excluding carboxylic acids is 2. The zero-order chi connectivity index (χ0) is 17.1. The van der Waals surface area contributed by atoms with E-state index in [1.165, 1.54) is 16.9 Å². The predicted octanol–water partition coefficient (Wildman–Crippen LogP) is 2.14. The van der Waals surface area contributed by atoms with E-state index in [0.717, 1.165) is 23.1 Å². The van der Waals surface area contributed by atoms with Gasteiger partial charge >= 0.3 is 0 Å². The van der Waals surface area contributed by atoms with Crippen LogP contribution in [0.25, 0.3) is 10.2 Å². The van der Waals surface area contributed by atoms with Crippen molar-refractivity contribution in [3.05, 3.63) is 23.8 Å². The molecule has 7 heteroatoms. The molecule has 0 spiro atoms. The van der Waals surface area contributed by atoms with Gasteiger partial charge in [0.2, 0.25) is 11.8 Å². The number of anilines is 1. The van der Waals surface area contributed by atoms with Crippen LogP contribution >= 0.6 is 11.3 Å². The SMILES string of the molecule is CNCC(=O)N1CCCC[C@@H]1C(=O)Nc1nc2ccc(C)cc2s1. The predicted molar refractivity (Wildman–Crippen MR) is 96.3 cm³/mol. The number of likely N-dealkylation sites (tertiary alicyclic amines) is 1. The Kier molecular flexibility index (Phi) is 5.11. The van der Waals surface area contributed by atoms with Crippen LogP contribution in [-0.2, 0) is 9.59 Å². The number of hydrogen-bond donors (Lipinski definition) is 2. The molecule has 24 heavy (non-hydrogen) atoms. The third-order valence-corrected chi connectivity index (χ3v) is 5.16. The van der Waals surface area contributed by atoms with Gasteiger partial charge in [0.05, 0.1) is 16.8 Å². The van der Waals surface area contributed by atoms with Crippen molar-refractivity contribution in [1.82, 2.24) is 15.2 Å². The van der Waals surface area contributed by atoms with Crippen LogP contribution in [-0.4, -0.2) is 47.9 Å². The number of fused-ring (bicyclic) bond motifs is 1. The van der Waals surface area contributed by atoms with Gasteiger partial charge in [-0.1, -0.05) is 17.4 Å². The Balaban J connectivity index is 1.74. The van der Waals surface area contributed by atoms with Crippen LogP contribution in [0.1, 0.15) is 24.8 Å². The first-order valence-electron chi connectivity index (χ1n) is 8.20. The van der Waals surface area contributed by atoms with Crippen molar-refractivity contribution in [3.8, 4) is 0 Å². The Hall–Kier alpha value is -1.99. The van der Waals surface area contributed by atoms with Crippen LogP contribution in [0.4, 0.5) is 5.13 Å². The Morgan fingerprint density at radius 1 is 1.38 bits per heavy atom. The second-order valence-electron chi connectivity index (χ2n) is 6.11. The lowest BCUT2D eigenvalue weighted by atomic mass is 10.0. The zero-order valence-corrected chi connectivity index (χ0v) is 14.8. The third-order valence-electron chi connectivity index (χ3n) is 4.23. The molecular weight excluding hydrogens is 324 g/mol. The van der Waals surface area contributed by atoms with E-state index < -0.39 is 6.04 Å². The molecule has 1 aliphatic rings. The monoisotopic (exact) mass is 346 g/mol. The van der Waals surface area contributed by atoms with Crippen LogP contribution in [0, 0.1) is 6.92 Å². The second kappa shape index (κ2) is 7.27. The fourth-order valence-electron chi connectivity index (χ4n) is 3.03. The molecule has 0 aliphatic carbocycles. The highest BCUT2D eigenvalue weighted by atomic mass is 32.1. The largest absolute Gasteiger partial charge is 0.330 e. The lowest BCUT2D eigenvalue weighted by molar-refractivity contribution is -0.139. The van der Waals surface area contributed by atoms with E-state index in [2.05, 4.69) is 21.7 Å². The van der Waals surface area contributed by atoms with Gasteiger partial charge in [0, 0.05) is 6.54 Å². The number of carbonyl (C=O) groups is 2. The maximum atomic E-state index is 12.7. The van der Waals surface area contributed by atoms with E-state index in [0.29, 0.717) is 18.1 Å². The number of hydrogen-bond acceptors (Lipinski definition) is 5. The van der Waals surface area contributed by atoms with Crippen molar-refractivity contribution in [1.29, 1.82) is 0 Å². The highest BCUT2D eigenvalue weighted by molar-refractivity contribution is 7.22. The first-order chi connectivity index (χ1) is 11.6. The van der Waals surface area contributed by atoms with Crippen LogP contribution in [0.3, 0.4) is 0 Å². The Labute approximate surface area is 145 Å². The van der Waals surface area contributed by atoms with E-state index in [1.54, 1.807) is 11.9 Å². The molecular formula is C17H22N4O2S. The molecule has 1 atom stereocenters. The van der Waals surface area contributed by atoms with Gasteiger partial charge in [-0.3, -0.25) is 9.59 Å². The number of thiazole rings is 1. The van der Waals surface area contributed by atoms with Crippen molar-refractivity contribution in [2.45, 2.75) is 32.2 Å². The minimum absolute atomic E-state index is 0.0303. The number of nitrogens with zero attached hydrogens (tertiary/aromatic N) is 2. The van der Waals surface area contributed by atoms with Crippen molar-refractivity contribution in [3.63, 3.8) is 0 Å². The normalized spacial score (nSPS) is 17.9. The molecule has 6 nitrogen and oxygen atoms in total. The van der Waals surface area contributed by atoms with E-state index >= 15 is 0 Å². The molecule has 2 aromatic rings. The summed E-state index contributed by atoms with van der Waals surface area (Å²) in [6, 6.07) is 5.62. The Morgan fingerprint density at radius 2 is 2.21 bits per heavy atom. The molecule has 1 fully saturated rings. The summed E-state index contributed by atoms with van der Waals surface area (Å²) in [6.07, 6.45) is 2.60. The van der Waals surface area contributed by atoms with Crippen molar-refractivity contribution >= 4 is 38.5 Å². The van der Waals surface area contributed by atoms with Gasteiger partial charge in [0.1, 0.15) is 6.04 Å². The van der Waals surface area contributed by atoms with E-state index in [1.807, 2.05) is 19.1 Å². The Bertz CT molecular complexity index is 758. The summed E-state index contributed by atoms with van der Waals surface area (Å²) >= 11 is 1.46. The fraction of sp³-hybridized carbons (Fsp3) is 0.471. The lowest BCUT2D eigenvalue weighted by Crippen LogP contribution is -2.52. The topological polar surface area (TPSA) is 74.3 Å². The van der Waals surface area contributed by atoms with Gasteiger partial charge in [-0.25, -0.2) is 4.98 Å². The quantitative estimate of drug-likeness (QED) is 0.889. The number of likely N-dealkylation sites (N-methyl/N-ethyl adjacent to an activating group) is 1. The van der Waals surface area contributed by atoms with Gasteiger partial charge in [0.15, 0.2) is 5.13 Å². The molecule has 128 valence electrons. The van der Waals surface area contributed by atoms with Crippen LogP contribution in [0.5, 0.6) is 0 Å². The van der Waals surface area contributed by atoms with E-state index in [9.17, 15) is 9.59 Å². The average molecular weight is 346 g/mol. The zero-order valence-electron chi connectivity index (χ0n) is 14.0. The summed E-state index contributed by atoms with van der Waals surface area (Å²) in [6.45, 7) is 2.92. The van der Waals surface area contributed by atoms with Crippen LogP contribution < -0.4 is 10.6 Å². The summed E-state index contributed by atoms with van der Waals surface area (Å²) in [5, 5.41) is 6.36. The van der Waals surface area contributed by atoms with E-state index in [-0.39, 0.29) is 18.4 Å². The summed E-state index contributed by atoms with van der Waals surface area (Å²) in [5.41, 5.74) is 2.05. The summed E-state index contributed by atoms with van der Waals surface area (Å²) < 4.78 is 1.05. The van der Waals surface area contributed by atoms with Gasteiger partial charge in [-0.15, -0.1) is 0 Å². The van der Waals surface area contributed by atoms with Gasteiger partial charge < -0.3 is 15.5 Å². The molecule has 2 amide bonds. The highest BCUT2D eigenvalue weighted by Gasteiger charge is 2.32. The maximum Gasteiger partial charge on any atom is 0.248 e. The first-order valence-corrected chi connectivity index (χ1v) is 9.02. The highest BCUT2D eigenvalue weighted by Crippen LogP contribution is 2.27. The van der Waals surface area contributed by atoms with Crippen LogP contribution in [0.15, 0.2) is 18.2 Å². The second-order valence-corrected chi connectivity index (χ2v) is 7.14. The minimum atomic E-state index is -0.409. The molecule has 0 radical (unpaired) electrons. The molecule has 2 N–H and O–H groups in total. The standard InChI is InChI=1S/C17H22N4O2S/c1-11-6-7-12-14(9-11)24-17(19-12)20-16(23)13-5-3-4-8-21(13)15(22)10-18-2/h6-7,9,13,18H,3-5,8,10H2,1-2H3,(H,19,20,23)/t13-/m1/s1. The summed E-state index contributed by atoms with van der Waals surface area (Å²) in [4.78, 5) is 31.0. The number of nitrogens with one attached hydrogen (secondary N) is 2. The van der Waals surface area contributed by atoms with Crippen molar-refractivity contribution in [2.24, 2.45) is 0 Å². The third kappa shape index (κ3) is 3.57. The van der Waals surface area contributed by atoms with Gasteiger partial charge in [-0.05, 0) is 50.9 Å². The molecule has 1 aromatic carbocycles. The van der Waals surface area contributed by atoms with Gasteiger partial charge in [-0.2, -0.15) is 0 Å². The fourth-order valence-corrected chi connectivity index (χ4v) is 4.00. The number of piperidine rings is 1. The van der Waals surface area contributed by atoms with E-state index in [4.69, 9.17) is 0 Å². The molecule has 2 heterocycles. The number of aryl methyl sites for hydroxylation is 1.